The van der Waals surface area contributed by atoms with Crippen LogP contribution in [0.2, 0.25) is 0 Å². The van der Waals surface area contributed by atoms with E-state index < -0.39 is 5.89 Å². The molecular weight excluding hydrogens is 332 g/mol. The van der Waals surface area contributed by atoms with E-state index in [4.69, 9.17) is 13.7 Å². The molecule has 0 aliphatic rings. The fourth-order valence-electron chi connectivity index (χ4n) is 3.62. The zero-order chi connectivity index (χ0) is 21.1. The van der Waals surface area contributed by atoms with Crippen LogP contribution in [0.3, 0.4) is 0 Å². The van der Waals surface area contributed by atoms with Crippen molar-refractivity contribution in [3.63, 3.8) is 0 Å². The van der Waals surface area contributed by atoms with E-state index in [0.717, 1.165) is 49.9 Å². The molecule has 0 saturated carbocycles. The molecule has 134 valence electrons. The zero-order valence-electron chi connectivity index (χ0n) is 18.3. The number of nitrogens with zero attached hydrogens (tertiary/aromatic N) is 2. The normalized spacial score (nSPS) is 12.9. The first-order chi connectivity index (χ1) is 13.6. The number of aryl methyl sites for hydroxylation is 2. The first kappa shape index (κ1) is 15.0. The van der Waals surface area contributed by atoms with Gasteiger partial charge in [0.25, 0.3) is 0 Å². The van der Waals surface area contributed by atoms with Crippen LogP contribution in [0.4, 0.5) is 5.69 Å². The summed E-state index contributed by atoms with van der Waals surface area (Å²) in [6.45, 7) is 15.0. The molecule has 3 nitrogen and oxygen atoms in total. The number of fused-ring (bicyclic) bond motifs is 3. The van der Waals surface area contributed by atoms with Gasteiger partial charge in [0.15, 0.2) is 11.9 Å². The van der Waals surface area contributed by atoms with Crippen LogP contribution in [0.1, 0.15) is 39.2 Å². The topological polar surface area (TPSA) is 21.4 Å². The smallest absolute Gasteiger partial charge is 0.216 e. The van der Waals surface area contributed by atoms with Gasteiger partial charge in [0.2, 0.25) is 5.69 Å². The third-order valence-electron chi connectivity index (χ3n) is 5.26. The number of aromatic nitrogens is 1. The maximum absolute atomic E-state index is 8.43. The minimum Gasteiger partial charge on any atom is -0.456 e. The molecule has 27 heavy (non-hydrogen) atoms. The summed E-state index contributed by atoms with van der Waals surface area (Å²) < 4.78 is 25.0. The summed E-state index contributed by atoms with van der Waals surface area (Å²) in [5, 5.41) is 1.97. The van der Waals surface area contributed by atoms with Crippen molar-refractivity contribution in [2.24, 2.45) is 7.05 Å². The lowest BCUT2D eigenvalue weighted by Crippen LogP contribution is -2.31. The average molecular weight is 357 g/mol. The van der Waals surface area contributed by atoms with Gasteiger partial charge in [0.1, 0.15) is 19.6 Å². The summed E-state index contributed by atoms with van der Waals surface area (Å²) in [4.78, 5) is 3.59. The molecule has 4 aromatic rings. The van der Waals surface area contributed by atoms with Gasteiger partial charge in [0, 0.05) is 24.3 Å². The molecule has 0 spiro atoms. The molecule has 4 rings (SSSR count). The van der Waals surface area contributed by atoms with E-state index in [9.17, 15) is 0 Å². The number of hydrogen-bond donors (Lipinski definition) is 0. The van der Waals surface area contributed by atoms with Gasteiger partial charge in [0.05, 0.1) is 12.1 Å². The van der Waals surface area contributed by atoms with Crippen molar-refractivity contribution in [1.82, 2.24) is 0 Å². The summed E-state index contributed by atoms with van der Waals surface area (Å²) in [5.41, 5.74) is 6.49. The Morgan fingerprint density at radius 3 is 2.52 bits per heavy atom. The number of benzene rings is 2. The molecule has 0 N–H and O–H groups in total. The van der Waals surface area contributed by atoms with Crippen LogP contribution in [0.25, 0.3) is 38.0 Å². The molecule has 0 saturated heterocycles. The van der Waals surface area contributed by atoms with Gasteiger partial charge in [-0.3, -0.25) is 0 Å². The first-order valence-electron chi connectivity index (χ1n) is 9.98. The Bertz CT molecular complexity index is 1340. The zero-order valence-corrected chi connectivity index (χ0v) is 16.3. The van der Waals surface area contributed by atoms with Crippen LogP contribution in [-0.2, 0) is 7.05 Å². The van der Waals surface area contributed by atoms with Gasteiger partial charge < -0.3 is 4.42 Å². The van der Waals surface area contributed by atoms with Crippen molar-refractivity contribution in [2.75, 3.05) is 0 Å². The second-order valence-electron chi connectivity index (χ2n) is 7.25. The van der Waals surface area contributed by atoms with Gasteiger partial charge in [-0.05, 0) is 36.4 Å². The van der Waals surface area contributed by atoms with E-state index in [0.29, 0.717) is 11.9 Å². The molecule has 0 aliphatic heterocycles. The van der Waals surface area contributed by atoms with Crippen molar-refractivity contribution in [3.8, 4) is 11.3 Å². The van der Waals surface area contributed by atoms with Crippen molar-refractivity contribution in [3.05, 3.63) is 70.7 Å². The summed E-state index contributed by atoms with van der Waals surface area (Å²) in [6.07, 6.45) is 0.344. The lowest BCUT2D eigenvalue weighted by molar-refractivity contribution is -0.660. The minimum atomic E-state index is -0.810. The van der Waals surface area contributed by atoms with E-state index in [1.54, 1.807) is 6.07 Å². The molecule has 0 atom stereocenters. The molecule has 0 unspecified atom stereocenters. The molecule has 0 amide bonds. The van der Waals surface area contributed by atoms with Crippen molar-refractivity contribution in [1.29, 1.82) is 0 Å². The summed E-state index contributed by atoms with van der Waals surface area (Å²) in [7, 11) is 1.86. The van der Waals surface area contributed by atoms with Crippen molar-refractivity contribution in [2.45, 2.75) is 33.6 Å². The number of pyridine rings is 1. The number of furan rings is 1. The Morgan fingerprint density at radius 2 is 1.81 bits per heavy atom. The van der Waals surface area contributed by atoms with Crippen molar-refractivity contribution < 1.29 is 11.7 Å². The van der Waals surface area contributed by atoms with Crippen LogP contribution < -0.4 is 4.57 Å². The highest BCUT2D eigenvalue weighted by atomic mass is 16.3. The van der Waals surface area contributed by atoms with Crippen LogP contribution in [0, 0.1) is 20.4 Å². The second kappa shape index (κ2) is 6.25. The monoisotopic (exact) mass is 357 g/mol. The average Bonchev–Trinajstić information content (AvgIpc) is 3.03. The Kier molecular flexibility index (Phi) is 3.47. The SMILES string of the molecule is [2H]c1cc(C([2H])(C)C)cc(-c2c(C)ccc3c2oc2c(C)c([N+]#[C-])ccc23)[n+]1C. The van der Waals surface area contributed by atoms with E-state index >= 15 is 0 Å². The molecule has 3 heteroatoms. The molecule has 0 aliphatic carbocycles. The van der Waals surface area contributed by atoms with E-state index in [-0.39, 0.29) is 0 Å². The summed E-state index contributed by atoms with van der Waals surface area (Å²) >= 11 is 0. The highest BCUT2D eigenvalue weighted by Crippen LogP contribution is 2.40. The standard InChI is InChI=1S/C24H23N2O/c1-14(2)17-11-12-26(6)21(13-17)22-15(3)7-8-19-18-9-10-20(25-5)16(4)23(18)27-24(19)22/h7-14H,1-4,6H3/q+1/i12D,14D. The lowest BCUT2D eigenvalue weighted by Gasteiger charge is -2.09. The fraction of sp³-hybridized carbons (Fsp3) is 0.250. The molecule has 0 fully saturated rings. The molecule has 0 bridgehead atoms. The van der Waals surface area contributed by atoms with Gasteiger partial charge >= 0.3 is 0 Å². The second-order valence-corrected chi connectivity index (χ2v) is 7.25. The molecular formula is C24H23N2O+. The van der Waals surface area contributed by atoms with E-state index in [1.165, 1.54) is 0 Å². The third-order valence-corrected chi connectivity index (χ3v) is 5.26. The van der Waals surface area contributed by atoms with Crippen LogP contribution >= 0.6 is 0 Å². The van der Waals surface area contributed by atoms with Crippen LogP contribution in [-0.4, -0.2) is 0 Å². The first-order valence-corrected chi connectivity index (χ1v) is 8.98. The van der Waals surface area contributed by atoms with E-state index in [2.05, 4.69) is 17.0 Å². The Morgan fingerprint density at radius 1 is 1.11 bits per heavy atom. The predicted molar refractivity (Wildman–Crippen MR) is 110 cm³/mol. The fourth-order valence-corrected chi connectivity index (χ4v) is 3.62. The van der Waals surface area contributed by atoms with Gasteiger partial charge in [-0.1, -0.05) is 38.1 Å². The Balaban J connectivity index is 2.14. The summed E-state index contributed by atoms with van der Waals surface area (Å²) in [6, 6.07) is 11.6. The van der Waals surface area contributed by atoms with Crippen molar-refractivity contribution >= 4 is 27.6 Å². The highest BCUT2D eigenvalue weighted by Gasteiger charge is 2.22. The number of hydrogen-bond acceptors (Lipinski definition) is 1. The minimum absolute atomic E-state index is 0.344. The molecule has 2 heterocycles. The lowest BCUT2D eigenvalue weighted by atomic mass is 9.97. The predicted octanol–water partition coefficient (Wildman–Crippen LogP) is 6.37. The van der Waals surface area contributed by atoms with Gasteiger partial charge in [-0.15, -0.1) is 0 Å². The largest absolute Gasteiger partial charge is 0.456 e. The quantitative estimate of drug-likeness (QED) is 0.302. The third kappa shape index (κ3) is 2.61. The molecule has 0 radical (unpaired) electrons. The Labute approximate surface area is 162 Å². The van der Waals surface area contributed by atoms with Crippen LogP contribution in [0.15, 0.2) is 47.0 Å². The summed E-state index contributed by atoms with van der Waals surface area (Å²) in [5.74, 6) is -0.810. The maximum atomic E-state index is 8.43. The molecule has 2 aromatic carbocycles. The Hall–Kier alpha value is -3.12. The maximum Gasteiger partial charge on any atom is 0.216 e. The molecule has 2 aromatic heterocycles. The van der Waals surface area contributed by atoms with Gasteiger partial charge in [-0.2, -0.15) is 0 Å². The highest BCUT2D eigenvalue weighted by molar-refractivity contribution is 6.11. The number of rotatable bonds is 2. The van der Waals surface area contributed by atoms with E-state index in [1.807, 2.05) is 57.5 Å². The van der Waals surface area contributed by atoms with Crippen LogP contribution in [0.5, 0.6) is 0 Å². The van der Waals surface area contributed by atoms with Gasteiger partial charge in [-0.25, -0.2) is 9.41 Å².